The van der Waals surface area contributed by atoms with Gasteiger partial charge in [-0.1, -0.05) is 12.1 Å². The van der Waals surface area contributed by atoms with Crippen LogP contribution in [0.15, 0.2) is 41.2 Å². The number of benzene rings is 1. The molecule has 0 aliphatic heterocycles. The molecule has 96 valence electrons. The smallest absolute Gasteiger partial charge is 0.260 e. The molecule has 2 heterocycles. The van der Waals surface area contributed by atoms with Crippen molar-refractivity contribution in [2.45, 2.75) is 13.5 Å². The van der Waals surface area contributed by atoms with Crippen molar-refractivity contribution in [1.29, 1.82) is 0 Å². The van der Waals surface area contributed by atoms with Crippen LogP contribution in [0.25, 0.3) is 10.9 Å². The molecule has 0 saturated carbocycles. The summed E-state index contributed by atoms with van der Waals surface area (Å²) in [6.07, 6.45) is 0. The zero-order valence-corrected chi connectivity index (χ0v) is 11.3. The number of nitrogens with zero attached hydrogens (tertiary/aromatic N) is 1. The van der Waals surface area contributed by atoms with E-state index >= 15 is 0 Å². The lowest BCUT2D eigenvalue weighted by molar-refractivity contribution is 1.07. The maximum atomic E-state index is 11.9. The Morgan fingerprint density at radius 3 is 2.89 bits per heavy atom. The van der Waals surface area contributed by atoms with Crippen LogP contribution in [0, 0.1) is 6.92 Å². The lowest BCUT2D eigenvalue weighted by atomic mass is 10.2. The lowest BCUT2D eigenvalue weighted by Crippen LogP contribution is -2.12. The standard InChI is InChI=1S/C14H13N3OS/c1-9-6-7-10(19-9)8-15-14-16-12-5-3-2-4-11(12)13(18)17-14/h2-7H,8H2,1H3,(H2,15,16,17,18). The summed E-state index contributed by atoms with van der Waals surface area (Å²) in [5.74, 6) is 0.509. The van der Waals surface area contributed by atoms with Crippen LogP contribution >= 0.6 is 11.3 Å². The van der Waals surface area contributed by atoms with Gasteiger partial charge in [-0.05, 0) is 31.2 Å². The monoisotopic (exact) mass is 271 g/mol. The molecule has 0 saturated heterocycles. The zero-order valence-electron chi connectivity index (χ0n) is 10.4. The highest BCUT2D eigenvalue weighted by molar-refractivity contribution is 7.11. The molecule has 0 aliphatic carbocycles. The van der Waals surface area contributed by atoms with Gasteiger partial charge in [-0.3, -0.25) is 9.78 Å². The third-order valence-corrected chi connectivity index (χ3v) is 3.84. The van der Waals surface area contributed by atoms with Crippen molar-refractivity contribution in [3.05, 3.63) is 56.5 Å². The van der Waals surface area contributed by atoms with Gasteiger partial charge in [-0.2, -0.15) is 0 Å². The van der Waals surface area contributed by atoms with Crippen molar-refractivity contribution in [3.63, 3.8) is 0 Å². The first-order valence-corrected chi connectivity index (χ1v) is 6.82. The summed E-state index contributed by atoms with van der Waals surface area (Å²) in [6.45, 7) is 2.74. The predicted molar refractivity (Wildman–Crippen MR) is 78.7 cm³/mol. The minimum atomic E-state index is -0.115. The first kappa shape index (κ1) is 11.9. The van der Waals surface area contributed by atoms with E-state index in [4.69, 9.17) is 0 Å². The van der Waals surface area contributed by atoms with Crippen LogP contribution in [0.5, 0.6) is 0 Å². The Morgan fingerprint density at radius 1 is 1.26 bits per heavy atom. The van der Waals surface area contributed by atoms with Crippen LogP contribution in [0.2, 0.25) is 0 Å². The molecule has 4 nitrogen and oxygen atoms in total. The molecule has 0 atom stereocenters. The summed E-state index contributed by atoms with van der Waals surface area (Å²) >= 11 is 1.73. The quantitative estimate of drug-likeness (QED) is 0.770. The van der Waals surface area contributed by atoms with Crippen molar-refractivity contribution in [1.82, 2.24) is 9.97 Å². The van der Waals surface area contributed by atoms with E-state index in [2.05, 4.69) is 34.3 Å². The number of hydrogen-bond donors (Lipinski definition) is 2. The van der Waals surface area contributed by atoms with E-state index in [1.807, 2.05) is 18.2 Å². The summed E-state index contributed by atoms with van der Waals surface area (Å²) in [4.78, 5) is 21.5. The first-order chi connectivity index (χ1) is 9.22. The van der Waals surface area contributed by atoms with Gasteiger partial charge in [0.15, 0.2) is 0 Å². The fourth-order valence-corrected chi connectivity index (χ4v) is 2.75. The number of aryl methyl sites for hydroxylation is 1. The van der Waals surface area contributed by atoms with Crippen molar-refractivity contribution in [2.24, 2.45) is 0 Å². The van der Waals surface area contributed by atoms with Crippen LogP contribution in [0.4, 0.5) is 5.95 Å². The number of H-pyrrole nitrogens is 1. The molecule has 3 aromatic rings. The van der Waals surface area contributed by atoms with Gasteiger partial charge in [0.25, 0.3) is 5.56 Å². The number of para-hydroxylation sites is 1. The van der Waals surface area contributed by atoms with E-state index in [0.29, 0.717) is 23.4 Å². The Bertz CT molecular complexity index is 775. The Balaban J connectivity index is 1.87. The summed E-state index contributed by atoms with van der Waals surface area (Å²) in [5.41, 5.74) is 0.589. The highest BCUT2D eigenvalue weighted by Crippen LogP contribution is 2.16. The fourth-order valence-electron chi connectivity index (χ4n) is 1.92. The third kappa shape index (κ3) is 2.51. The number of rotatable bonds is 3. The average molecular weight is 271 g/mol. The molecule has 2 N–H and O–H groups in total. The molecule has 0 unspecified atom stereocenters. The molecule has 2 aromatic heterocycles. The molecular weight excluding hydrogens is 258 g/mol. The number of anilines is 1. The molecule has 0 aliphatic rings. The minimum Gasteiger partial charge on any atom is -0.351 e. The summed E-state index contributed by atoms with van der Waals surface area (Å²) in [6, 6.07) is 11.5. The van der Waals surface area contributed by atoms with Crippen LogP contribution in [-0.2, 0) is 6.54 Å². The van der Waals surface area contributed by atoms with E-state index in [1.165, 1.54) is 9.75 Å². The third-order valence-electron chi connectivity index (χ3n) is 2.84. The molecule has 0 fully saturated rings. The highest BCUT2D eigenvalue weighted by Gasteiger charge is 2.03. The Hall–Kier alpha value is -2.14. The number of fused-ring (bicyclic) bond motifs is 1. The molecule has 1 aromatic carbocycles. The number of aromatic amines is 1. The SMILES string of the molecule is Cc1ccc(CNc2nc3ccccc3c(=O)[nH]2)s1. The number of thiophene rings is 1. The first-order valence-electron chi connectivity index (χ1n) is 6.00. The molecule has 0 spiro atoms. The summed E-state index contributed by atoms with van der Waals surface area (Å²) in [7, 11) is 0. The summed E-state index contributed by atoms with van der Waals surface area (Å²) in [5, 5.41) is 3.76. The van der Waals surface area contributed by atoms with E-state index in [9.17, 15) is 4.79 Å². The van der Waals surface area contributed by atoms with E-state index in [0.717, 1.165) is 0 Å². The summed E-state index contributed by atoms with van der Waals surface area (Å²) < 4.78 is 0. The van der Waals surface area contributed by atoms with E-state index in [1.54, 1.807) is 17.4 Å². The van der Waals surface area contributed by atoms with Crippen molar-refractivity contribution >= 4 is 28.2 Å². The molecule has 0 amide bonds. The number of aromatic nitrogens is 2. The predicted octanol–water partition coefficient (Wildman–Crippen LogP) is 2.91. The largest absolute Gasteiger partial charge is 0.351 e. The number of hydrogen-bond acceptors (Lipinski definition) is 4. The maximum absolute atomic E-state index is 11.9. The van der Waals surface area contributed by atoms with E-state index in [-0.39, 0.29) is 5.56 Å². The van der Waals surface area contributed by atoms with Gasteiger partial charge in [0.2, 0.25) is 5.95 Å². The van der Waals surface area contributed by atoms with Crippen LogP contribution < -0.4 is 10.9 Å². The molecular formula is C14H13N3OS. The highest BCUT2D eigenvalue weighted by atomic mass is 32.1. The van der Waals surface area contributed by atoms with Gasteiger partial charge in [-0.15, -0.1) is 11.3 Å². The van der Waals surface area contributed by atoms with Crippen LogP contribution in [-0.4, -0.2) is 9.97 Å². The van der Waals surface area contributed by atoms with E-state index < -0.39 is 0 Å². The van der Waals surface area contributed by atoms with Gasteiger partial charge in [0.1, 0.15) is 0 Å². The normalized spacial score (nSPS) is 10.8. The topological polar surface area (TPSA) is 57.8 Å². The van der Waals surface area contributed by atoms with Crippen LogP contribution in [0.1, 0.15) is 9.75 Å². The van der Waals surface area contributed by atoms with Crippen molar-refractivity contribution < 1.29 is 0 Å². The molecule has 19 heavy (non-hydrogen) atoms. The second-order valence-corrected chi connectivity index (χ2v) is 5.67. The molecule has 0 radical (unpaired) electrons. The average Bonchev–Trinajstić information content (AvgIpc) is 2.82. The van der Waals surface area contributed by atoms with Gasteiger partial charge < -0.3 is 5.32 Å². The Kier molecular flexibility index (Phi) is 3.05. The molecule has 0 bridgehead atoms. The Morgan fingerprint density at radius 2 is 2.11 bits per heavy atom. The Labute approximate surface area is 114 Å². The minimum absolute atomic E-state index is 0.115. The second-order valence-electron chi connectivity index (χ2n) is 4.30. The second kappa shape index (κ2) is 4.85. The maximum Gasteiger partial charge on any atom is 0.260 e. The van der Waals surface area contributed by atoms with Crippen molar-refractivity contribution in [2.75, 3.05) is 5.32 Å². The van der Waals surface area contributed by atoms with Gasteiger partial charge in [0, 0.05) is 9.75 Å². The van der Waals surface area contributed by atoms with Gasteiger partial charge in [0.05, 0.1) is 17.4 Å². The number of nitrogens with one attached hydrogen (secondary N) is 2. The zero-order chi connectivity index (χ0) is 13.2. The van der Waals surface area contributed by atoms with Crippen LogP contribution in [0.3, 0.4) is 0 Å². The fraction of sp³-hybridized carbons (Fsp3) is 0.143. The molecule has 5 heteroatoms. The van der Waals surface area contributed by atoms with Gasteiger partial charge >= 0.3 is 0 Å². The molecule has 3 rings (SSSR count). The van der Waals surface area contributed by atoms with Crippen molar-refractivity contribution in [3.8, 4) is 0 Å². The lowest BCUT2D eigenvalue weighted by Gasteiger charge is -2.04. The van der Waals surface area contributed by atoms with Gasteiger partial charge in [-0.25, -0.2) is 4.98 Å².